The fraction of sp³-hybridized carbons (Fsp3) is 0.700. The molecule has 1 rings (SSSR count). The summed E-state index contributed by atoms with van der Waals surface area (Å²) < 4.78 is 4.73. The smallest absolute Gasteiger partial charge is 0.410 e. The molecule has 2 atom stereocenters. The third-order valence-corrected chi connectivity index (χ3v) is 2.77. The molecule has 0 unspecified atom stereocenters. The first-order valence-corrected chi connectivity index (χ1v) is 4.77. The molecule has 1 heterocycles. The van der Waals surface area contributed by atoms with Crippen LogP contribution in [0, 0.1) is 0 Å². The molecule has 1 aliphatic heterocycles. The largest absolute Gasteiger partial charge is 0.453 e. The summed E-state index contributed by atoms with van der Waals surface area (Å²) in [6.45, 7) is 7.34. The van der Waals surface area contributed by atoms with Gasteiger partial charge in [-0.15, -0.1) is 6.58 Å². The summed E-state index contributed by atoms with van der Waals surface area (Å²) in [5, 5.41) is 0. The minimum atomic E-state index is -0.269. The molecule has 0 spiro atoms. The fourth-order valence-corrected chi connectivity index (χ4v) is 1.66. The quantitative estimate of drug-likeness (QED) is 0.588. The van der Waals surface area contributed by atoms with Gasteiger partial charge in [0, 0.05) is 19.1 Å². The van der Waals surface area contributed by atoms with Crippen molar-refractivity contribution in [3.63, 3.8) is 0 Å². The zero-order valence-electron chi connectivity index (χ0n) is 9.06. The SMILES string of the molecule is C=C[C@@H]1CN(C)[C@H](C)CN1C(=O)OC. The van der Waals surface area contributed by atoms with Crippen LogP contribution in [0.15, 0.2) is 12.7 Å². The Labute approximate surface area is 85.1 Å². The van der Waals surface area contributed by atoms with Crippen LogP contribution >= 0.6 is 0 Å². The first-order chi connectivity index (χ1) is 6.60. The number of carbonyl (C=O) groups excluding carboxylic acids is 1. The van der Waals surface area contributed by atoms with Gasteiger partial charge in [0.25, 0.3) is 0 Å². The standard InChI is InChI=1S/C10H18N2O2/c1-5-9-7-11(3)8(2)6-12(9)10(13)14-4/h5,8-9H,1,6-7H2,2-4H3/t8-,9-/m1/s1. The molecular formula is C10H18N2O2. The Morgan fingerprint density at radius 3 is 2.71 bits per heavy atom. The van der Waals surface area contributed by atoms with Gasteiger partial charge in [-0.05, 0) is 14.0 Å². The minimum Gasteiger partial charge on any atom is -0.453 e. The van der Waals surface area contributed by atoms with Gasteiger partial charge in [0.15, 0.2) is 0 Å². The topological polar surface area (TPSA) is 32.8 Å². The van der Waals surface area contributed by atoms with E-state index in [9.17, 15) is 4.79 Å². The third-order valence-electron chi connectivity index (χ3n) is 2.77. The molecule has 0 aromatic rings. The molecule has 0 saturated carbocycles. The number of amides is 1. The summed E-state index contributed by atoms with van der Waals surface area (Å²) in [4.78, 5) is 15.4. The second kappa shape index (κ2) is 4.46. The number of methoxy groups -OCH3 is 1. The van der Waals surface area contributed by atoms with Gasteiger partial charge >= 0.3 is 6.09 Å². The van der Waals surface area contributed by atoms with Gasteiger partial charge in [0.05, 0.1) is 13.2 Å². The molecule has 1 fully saturated rings. The lowest BCUT2D eigenvalue weighted by atomic mass is 10.1. The highest BCUT2D eigenvalue weighted by molar-refractivity contribution is 5.68. The summed E-state index contributed by atoms with van der Waals surface area (Å²) in [6.07, 6.45) is 1.52. The van der Waals surface area contributed by atoms with E-state index in [1.807, 2.05) is 0 Å². The lowest BCUT2D eigenvalue weighted by Crippen LogP contribution is -2.57. The van der Waals surface area contributed by atoms with E-state index in [1.165, 1.54) is 7.11 Å². The Morgan fingerprint density at radius 1 is 1.57 bits per heavy atom. The van der Waals surface area contributed by atoms with Crippen molar-refractivity contribution in [2.75, 3.05) is 27.2 Å². The summed E-state index contributed by atoms with van der Waals surface area (Å²) in [5.41, 5.74) is 0. The molecule has 0 aromatic carbocycles. The van der Waals surface area contributed by atoms with E-state index < -0.39 is 0 Å². The molecule has 0 N–H and O–H groups in total. The van der Waals surface area contributed by atoms with E-state index in [2.05, 4.69) is 25.5 Å². The van der Waals surface area contributed by atoms with Crippen LogP contribution in [-0.2, 0) is 4.74 Å². The van der Waals surface area contributed by atoms with Crippen molar-refractivity contribution < 1.29 is 9.53 Å². The van der Waals surface area contributed by atoms with Crippen LogP contribution in [0.2, 0.25) is 0 Å². The molecular weight excluding hydrogens is 180 g/mol. The van der Waals surface area contributed by atoms with E-state index in [1.54, 1.807) is 11.0 Å². The number of rotatable bonds is 1. The van der Waals surface area contributed by atoms with Crippen molar-refractivity contribution in [1.82, 2.24) is 9.80 Å². The Kier molecular flexibility index (Phi) is 3.52. The van der Waals surface area contributed by atoms with Crippen LogP contribution in [0.4, 0.5) is 4.79 Å². The summed E-state index contributed by atoms with van der Waals surface area (Å²) >= 11 is 0. The van der Waals surface area contributed by atoms with E-state index in [-0.39, 0.29) is 12.1 Å². The number of ether oxygens (including phenoxy) is 1. The van der Waals surface area contributed by atoms with Gasteiger partial charge in [-0.1, -0.05) is 6.08 Å². The first-order valence-electron chi connectivity index (χ1n) is 4.77. The summed E-state index contributed by atoms with van der Waals surface area (Å²) in [5.74, 6) is 0. The molecule has 0 aromatic heterocycles. The lowest BCUT2D eigenvalue weighted by molar-refractivity contribution is 0.0566. The molecule has 1 saturated heterocycles. The van der Waals surface area contributed by atoms with E-state index in [4.69, 9.17) is 4.74 Å². The highest BCUT2D eigenvalue weighted by atomic mass is 16.5. The number of nitrogens with zero attached hydrogens (tertiary/aromatic N) is 2. The second-order valence-electron chi connectivity index (χ2n) is 3.71. The third kappa shape index (κ3) is 2.07. The highest BCUT2D eigenvalue weighted by Crippen LogP contribution is 2.15. The van der Waals surface area contributed by atoms with Crippen molar-refractivity contribution in [1.29, 1.82) is 0 Å². The number of carbonyl (C=O) groups is 1. The molecule has 0 aliphatic carbocycles. The number of piperazine rings is 1. The average molecular weight is 198 g/mol. The van der Waals surface area contributed by atoms with Crippen molar-refractivity contribution in [2.45, 2.75) is 19.0 Å². The maximum Gasteiger partial charge on any atom is 0.410 e. The molecule has 80 valence electrons. The predicted molar refractivity (Wildman–Crippen MR) is 55.2 cm³/mol. The summed E-state index contributed by atoms with van der Waals surface area (Å²) in [7, 11) is 3.46. The zero-order valence-corrected chi connectivity index (χ0v) is 9.06. The number of hydrogen-bond acceptors (Lipinski definition) is 3. The van der Waals surface area contributed by atoms with Gasteiger partial charge < -0.3 is 4.74 Å². The maximum absolute atomic E-state index is 11.4. The molecule has 0 bridgehead atoms. The normalized spacial score (nSPS) is 28.6. The van der Waals surface area contributed by atoms with E-state index in [0.29, 0.717) is 12.6 Å². The molecule has 1 amide bonds. The summed E-state index contributed by atoms with van der Waals surface area (Å²) in [6, 6.07) is 0.425. The van der Waals surface area contributed by atoms with Crippen molar-refractivity contribution in [3.05, 3.63) is 12.7 Å². The van der Waals surface area contributed by atoms with Crippen molar-refractivity contribution in [3.8, 4) is 0 Å². The van der Waals surface area contributed by atoms with Gasteiger partial charge in [-0.25, -0.2) is 4.79 Å². The lowest BCUT2D eigenvalue weighted by Gasteiger charge is -2.41. The predicted octanol–water partition coefficient (Wildman–Crippen LogP) is 0.943. The van der Waals surface area contributed by atoms with E-state index in [0.717, 1.165) is 6.54 Å². The maximum atomic E-state index is 11.4. The monoisotopic (exact) mass is 198 g/mol. The van der Waals surface area contributed by atoms with Crippen LogP contribution in [0.5, 0.6) is 0 Å². The van der Waals surface area contributed by atoms with Crippen LogP contribution in [0.25, 0.3) is 0 Å². The van der Waals surface area contributed by atoms with Crippen LogP contribution in [0.1, 0.15) is 6.92 Å². The second-order valence-corrected chi connectivity index (χ2v) is 3.71. The van der Waals surface area contributed by atoms with Crippen molar-refractivity contribution >= 4 is 6.09 Å². The first kappa shape index (κ1) is 11.0. The number of hydrogen-bond donors (Lipinski definition) is 0. The van der Waals surface area contributed by atoms with Gasteiger partial charge in [0.1, 0.15) is 0 Å². The molecule has 1 aliphatic rings. The van der Waals surface area contributed by atoms with Crippen molar-refractivity contribution in [2.24, 2.45) is 0 Å². The fourth-order valence-electron chi connectivity index (χ4n) is 1.66. The Bertz CT molecular complexity index is 230. The Hall–Kier alpha value is -1.03. The Morgan fingerprint density at radius 2 is 2.21 bits per heavy atom. The average Bonchev–Trinajstić information content (AvgIpc) is 2.20. The molecule has 4 nitrogen and oxygen atoms in total. The van der Waals surface area contributed by atoms with Gasteiger partial charge in [-0.3, -0.25) is 9.80 Å². The van der Waals surface area contributed by atoms with Gasteiger partial charge in [0.2, 0.25) is 0 Å². The zero-order chi connectivity index (χ0) is 10.7. The highest BCUT2D eigenvalue weighted by Gasteiger charge is 2.31. The minimum absolute atomic E-state index is 0.0589. The Balaban J connectivity index is 2.72. The van der Waals surface area contributed by atoms with Crippen LogP contribution < -0.4 is 0 Å². The molecule has 0 radical (unpaired) electrons. The van der Waals surface area contributed by atoms with Crippen LogP contribution in [-0.4, -0.2) is 55.2 Å². The number of likely N-dealkylation sites (N-methyl/N-ethyl adjacent to an activating group) is 1. The van der Waals surface area contributed by atoms with Gasteiger partial charge in [-0.2, -0.15) is 0 Å². The van der Waals surface area contributed by atoms with Crippen LogP contribution in [0.3, 0.4) is 0 Å². The molecule has 4 heteroatoms. The van der Waals surface area contributed by atoms with E-state index >= 15 is 0 Å². The molecule has 14 heavy (non-hydrogen) atoms.